The Hall–Kier alpha value is -1.09. The molecule has 122 valence electrons. The Morgan fingerprint density at radius 2 is 1.81 bits per heavy atom. The predicted octanol–water partition coefficient (Wildman–Crippen LogP) is 1.28. The van der Waals surface area contributed by atoms with Crippen LogP contribution >= 0.6 is 12.4 Å². The molecule has 0 fully saturated rings. The molecule has 0 bridgehead atoms. The molecule has 0 saturated heterocycles. The molecular formula is C12H20ClFN2O4S. The van der Waals surface area contributed by atoms with Gasteiger partial charge in [-0.2, -0.15) is 0 Å². The SMILES string of the molecule is COc1cc(F)c(S(=O)(=O)NCCC(C)N)cc1OC.Cl. The summed E-state index contributed by atoms with van der Waals surface area (Å²) in [5, 5.41) is 0. The first-order chi connectivity index (χ1) is 9.31. The molecule has 3 N–H and O–H groups in total. The van der Waals surface area contributed by atoms with Gasteiger partial charge in [-0.05, 0) is 13.3 Å². The van der Waals surface area contributed by atoms with Crippen LogP contribution in [0.1, 0.15) is 13.3 Å². The van der Waals surface area contributed by atoms with Crippen molar-refractivity contribution in [3.63, 3.8) is 0 Å². The van der Waals surface area contributed by atoms with Gasteiger partial charge in [-0.15, -0.1) is 12.4 Å². The molecule has 9 heteroatoms. The van der Waals surface area contributed by atoms with Crippen LogP contribution in [0.15, 0.2) is 17.0 Å². The second-order valence-corrected chi connectivity index (χ2v) is 6.04. The van der Waals surface area contributed by atoms with Gasteiger partial charge in [0.15, 0.2) is 11.5 Å². The number of methoxy groups -OCH3 is 2. The minimum Gasteiger partial charge on any atom is -0.493 e. The van der Waals surface area contributed by atoms with Gasteiger partial charge >= 0.3 is 0 Å². The summed E-state index contributed by atoms with van der Waals surface area (Å²) < 4.78 is 50.0. The summed E-state index contributed by atoms with van der Waals surface area (Å²) in [4.78, 5) is -0.486. The number of rotatable bonds is 7. The van der Waals surface area contributed by atoms with E-state index in [-0.39, 0.29) is 36.5 Å². The zero-order valence-corrected chi connectivity index (χ0v) is 13.7. The quantitative estimate of drug-likeness (QED) is 0.779. The first-order valence-corrected chi connectivity index (χ1v) is 7.47. The van der Waals surface area contributed by atoms with E-state index in [9.17, 15) is 12.8 Å². The summed E-state index contributed by atoms with van der Waals surface area (Å²) in [5.74, 6) is -0.642. The standard InChI is InChI=1S/C12H19FN2O4S.ClH/c1-8(14)4-5-15-20(16,17)12-7-11(19-3)10(18-2)6-9(12)13;/h6-8,15H,4-5,14H2,1-3H3;1H. The van der Waals surface area contributed by atoms with Crippen molar-refractivity contribution < 1.29 is 22.3 Å². The molecule has 21 heavy (non-hydrogen) atoms. The molecule has 0 aliphatic rings. The number of ether oxygens (including phenoxy) is 2. The maximum Gasteiger partial charge on any atom is 0.243 e. The zero-order valence-electron chi connectivity index (χ0n) is 12.1. The number of nitrogens with two attached hydrogens (primary N) is 1. The van der Waals surface area contributed by atoms with Crippen LogP contribution in [0.5, 0.6) is 11.5 Å². The third-order valence-electron chi connectivity index (χ3n) is 2.62. The van der Waals surface area contributed by atoms with E-state index in [1.165, 1.54) is 14.2 Å². The Labute approximate surface area is 130 Å². The summed E-state index contributed by atoms with van der Waals surface area (Å²) >= 11 is 0. The van der Waals surface area contributed by atoms with E-state index < -0.39 is 20.7 Å². The topological polar surface area (TPSA) is 90.7 Å². The number of nitrogens with one attached hydrogen (secondary N) is 1. The summed E-state index contributed by atoms with van der Waals surface area (Å²) in [5.41, 5.74) is 5.53. The van der Waals surface area contributed by atoms with E-state index in [4.69, 9.17) is 15.2 Å². The lowest BCUT2D eigenvalue weighted by Crippen LogP contribution is -2.29. The molecule has 0 aliphatic heterocycles. The summed E-state index contributed by atoms with van der Waals surface area (Å²) in [6, 6.07) is 1.91. The fraction of sp³-hybridized carbons (Fsp3) is 0.500. The van der Waals surface area contributed by atoms with Crippen molar-refractivity contribution in [3.05, 3.63) is 17.9 Å². The van der Waals surface area contributed by atoms with Crippen LogP contribution in [0.2, 0.25) is 0 Å². The maximum absolute atomic E-state index is 13.9. The lowest BCUT2D eigenvalue weighted by atomic mass is 10.3. The van der Waals surface area contributed by atoms with Crippen LogP contribution in [0.3, 0.4) is 0 Å². The smallest absolute Gasteiger partial charge is 0.243 e. The Bertz CT molecular complexity index is 567. The van der Waals surface area contributed by atoms with E-state index in [0.29, 0.717) is 6.42 Å². The number of hydrogen-bond donors (Lipinski definition) is 2. The van der Waals surface area contributed by atoms with E-state index in [1.807, 2.05) is 0 Å². The van der Waals surface area contributed by atoms with Crippen LogP contribution in [0.4, 0.5) is 4.39 Å². The van der Waals surface area contributed by atoms with Gasteiger partial charge < -0.3 is 15.2 Å². The Kier molecular flexibility index (Phi) is 7.94. The number of benzene rings is 1. The normalized spacial score (nSPS) is 12.4. The van der Waals surface area contributed by atoms with E-state index >= 15 is 0 Å². The zero-order chi connectivity index (χ0) is 15.3. The van der Waals surface area contributed by atoms with Gasteiger partial charge in [0, 0.05) is 24.7 Å². The van der Waals surface area contributed by atoms with E-state index in [1.54, 1.807) is 6.92 Å². The average Bonchev–Trinajstić information content (AvgIpc) is 2.37. The molecule has 0 aromatic heterocycles. The lowest BCUT2D eigenvalue weighted by Gasteiger charge is -2.12. The number of sulfonamides is 1. The number of halogens is 2. The molecule has 1 unspecified atom stereocenters. The predicted molar refractivity (Wildman–Crippen MR) is 80.2 cm³/mol. The first kappa shape index (κ1) is 19.9. The highest BCUT2D eigenvalue weighted by atomic mass is 35.5. The van der Waals surface area contributed by atoms with Crippen molar-refractivity contribution in [2.45, 2.75) is 24.3 Å². The minimum absolute atomic E-state index is 0. The van der Waals surface area contributed by atoms with Gasteiger partial charge in [0.2, 0.25) is 10.0 Å². The van der Waals surface area contributed by atoms with Crippen molar-refractivity contribution in [2.75, 3.05) is 20.8 Å². The minimum atomic E-state index is -3.96. The molecule has 0 amide bonds. The van der Waals surface area contributed by atoms with E-state index in [0.717, 1.165) is 12.1 Å². The molecule has 1 aromatic carbocycles. The van der Waals surface area contributed by atoms with Crippen LogP contribution in [-0.4, -0.2) is 35.2 Å². The Morgan fingerprint density at radius 1 is 1.29 bits per heavy atom. The molecule has 0 heterocycles. The van der Waals surface area contributed by atoms with Gasteiger partial charge in [-0.25, -0.2) is 17.5 Å². The molecule has 0 saturated carbocycles. The van der Waals surface area contributed by atoms with Gasteiger partial charge in [0.05, 0.1) is 14.2 Å². The summed E-state index contributed by atoms with van der Waals surface area (Å²) in [6.45, 7) is 1.89. The second kappa shape index (κ2) is 8.38. The largest absolute Gasteiger partial charge is 0.493 e. The van der Waals surface area contributed by atoms with Crippen molar-refractivity contribution in [3.8, 4) is 11.5 Å². The third-order valence-corrected chi connectivity index (χ3v) is 4.10. The molecule has 6 nitrogen and oxygen atoms in total. The maximum atomic E-state index is 13.9. The molecule has 1 rings (SSSR count). The van der Waals surface area contributed by atoms with Gasteiger partial charge in [0.25, 0.3) is 0 Å². The third kappa shape index (κ3) is 5.31. The monoisotopic (exact) mass is 342 g/mol. The fourth-order valence-corrected chi connectivity index (χ4v) is 2.66. The van der Waals surface area contributed by atoms with Crippen LogP contribution in [0, 0.1) is 5.82 Å². The van der Waals surface area contributed by atoms with Gasteiger partial charge in [-0.3, -0.25) is 0 Å². The molecule has 1 aromatic rings. The molecule has 0 aliphatic carbocycles. The van der Waals surface area contributed by atoms with Crippen LogP contribution < -0.4 is 19.9 Å². The number of hydrogen-bond acceptors (Lipinski definition) is 5. The highest BCUT2D eigenvalue weighted by Crippen LogP contribution is 2.31. The Balaban J connectivity index is 0.00000400. The van der Waals surface area contributed by atoms with Gasteiger partial charge in [0.1, 0.15) is 10.7 Å². The average molecular weight is 343 g/mol. The molecule has 1 atom stereocenters. The van der Waals surface area contributed by atoms with Crippen molar-refractivity contribution in [2.24, 2.45) is 5.73 Å². The highest BCUT2D eigenvalue weighted by Gasteiger charge is 2.22. The highest BCUT2D eigenvalue weighted by molar-refractivity contribution is 7.89. The van der Waals surface area contributed by atoms with Gasteiger partial charge in [-0.1, -0.05) is 0 Å². The van der Waals surface area contributed by atoms with Crippen molar-refractivity contribution >= 4 is 22.4 Å². The summed E-state index contributed by atoms with van der Waals surface area (Å²) in [6.07, 6.45) is 0.453. The first-order valence-electron chi connectivity index (χ1n) is 5.98. The van der Waals surface area contributed by atoms with Crippen LogP contribution in [0.25, 0.3) is 0 Å². The molecule has 0 radical (unpaired) electrons. The lowest BCUT2D eigenvalue weighted by molar-refractivity contribution is 0.350. The Morgan fingerprint density at radius 3 is 2.29 bits per heavy atom. The van der Waals surface area contributed by atoms with Crippen molar-refractivity contribution in [1.29, 1.82) is 0 Å². The van der Waals surface area contributed by atoms with Crippen molar-refractivity contribution in [1.82, 2.24) is 4.72 Å². The molecular weight excluding hydrogens is 323 g/mol. The summed E-state index contributed by atoms with van der Waals surface area (Å²) in [7, 11) is -1.28. The second-order valence-electron chi connectivity index (χ2n) is 4.30. The van der Waals surface area contributed by atoms with Crippen LogP contribution in [-0.2, 0) is 10.0 Å². The fourth-order valence-electron chi connectivity index (χ4n) is 1.54. The van der Waals surface area contributed by atoms with E-state index in [2.05, 4.69) is 4.72 Å². The molecule has 0 spiro atoms.